The van der Waals surface area contributed by atoms with Crippen LogP contribution in [0.1, 0.15) is 226 Å². The maximum atomic E-state index is 12.3. The number of unbranched alkanes of at least 4 members (excludes halogenated alkanes) is 29. The third-order valence-electron chi connectivity index (χ3n) is 9.22. The van der Waals surface area contributed by atoms with Crippen LogP contribution in [0.2, 0.25) is 0 Å². The van der Waals surface area contributed by atoms with E-state index < -0.39 is 6.10 Å². The summed E-state index contributed by atoms with van der Waals surface area (Å²) in [6.07, 6.45) is 45.8. The SMILES string of the molecule is CCCCCCCCCCCCC/C=C/[C@@H](O)[C@H](C)NC(=O)CCCCCCCCCCCCCCCCCCCCC. The highest BCUT2D eigenvalue weighted by atomic mass is 16.3. The Morgan fingerprint density at radius 1 is 0.512 bits per heavy atom. The van der Waals surface area contributed by atoms with E-state index in [2.05, 4.69) is 25.2 Å². The number of aliphatic hydroxyl groups excluding tert-OH is 1. The van der Waals surface area contributed by atoms with Gasteiger partial charge in [-0.1, -0.05) is 206 Å². The van der Waals surface area contributed by atoms with E-state index in [4.69, 9.17) is 0 Å². The van der Waals surface area contributed by atoms with Gasteiger partial charge in [0.05, 0.1) is 12.1 Å². The average Bonchev–Trinajstić information content (AvgIpc) is 3.00. The lowest BCUT2D eigenvalue weighted by Crippen LogP contribution is -2.40. The molecule has 0 aromatic heterocycles. The monoisotopic (exact) mass is 606 g/mol. The van der Waals surface area contributed by atoms with Gasteiger partial charge in [-0.05, 0) is 26.2 Å². The number of carbonyl (C=O) groups is 1. The quantitative estimate of drug-likeness (QED) is 0.0557. The molecular formula is C40H79NO2. The van der Waals surface area contributed by atoms with Gasteiger partial charge in [-0.15, -0.1) is 0 Å². The van der Waals surface area contributed by atoms with E-state index in [0.717, 1.165) is 19.3 Å². The highest BCUT2D eigenvalue weighted by Gasteiger charge is 2.13. The summed E-state index contributed by atoms with van der Waals surface area (Å²) < 4.78 is 0. The predicted octanol–water partition coefficient (Wildman–Crippen LogP) is 12.9. The Labute approximate surface area is 271 Å². The van der Waals surface area contributed by atoms with Crippen LogP contribution in [0.4, 0.5) is 0 Å². The van der Waals surface area contributed by atoms with E-state index in [1.54, 1.807) is 0 Å². The molecule has 0 bridgehead atoms. The van der Waals surface area contributed by atoms with E-state index in [1.807, 2.05) is 13.0 Å². The molecule has 0 spiro atoms. The first-order valence-electron chi connectivity index (χ1n) is 19.8. The molecule has 0 aliphatic carbocycles. The Bertz CT molecular complexity index is 575. The second kappa shape index (κ2) is 35.6. The summed E-state index contributed by atoms with van der Waals surface area (Å²) in [6, 6.07) is -0.221. The molecule has 3 nitrogen and oxygen atoms in total. The molecule has 0 aromatic carbocycles. The van der Waals surface area contributed by atoms with Gasteiger partial charge in [0.15, 0.2) is 0 Å². The van der Waals surface area contributed by atoms with Crippen LogP contribution in [0.25, 0.3) is 0 Å². The Kier molecular flexibility index (Phi) is 35.0. The van der Waals surface area contributed by atoms with Crippen molar-refractivity contribution in [2.24, 2.45) is 0 Å². The summed E-state index contributed by atoms with van der Waals surface area (Å²) in [7, 11) is 0. The van der Waals surface area contributed by atoms with Crippen molar-refractivity contribution in [3.63, 3.8) is 0 Å². The Morgan fingerprint density at radius 3 is 1.16 bits per heavy atom. The fourth-order valence-corrected chi connectivity index (χ4v) is 6.10. The summed E-state index contributed by atoms with van der Waals surface area (Å²) in [4.78, 5) is 12.3. The lowest BCUT2D eigenvalue weighted by molar-refractivity contribution is -0.122. The third-order valence-corrected chi connectivity index (χ3v) is 9.22. The van der Waals surface area contributed by atoms with Crippen LogP contribution < -0.4 is 5.32 Å². The van der Waals surface area contributed by atoms with Gasteiger partial charge < -0.3 is 10.4 Å². The first-order chi connectivity index (χ1) is 21.1. The molecule has 2 atom stereocenters. The van der Waals surface area contributed by atoms with E-state index >= 15 is 0 Å². The number of amides is 1. The van der Waals surface area contributed by atoms with Crippen molar-refractivity contribution < 1.29 is 9.90 Å². The molecule has 0 saturated carbocycles. The minimum absolute atomic E-state index is 0.0808. The van der Waals surface area contributed by atoms with Crippen molar-refractivity contribution >= 4 is 5.91 Å². The minimum Gasteiger partial charge on any atom is -0.387 e. The van der Waals surface area contributed by atoms with Crippen molar-refractivity contribution in [3.05, 3.63) is 12.2 Å². The second-order valence-electron chi connectivity index (χ2n) is 13.7. The summed E-state index contributed by atoms with van der Waals surface area (Å²) in [5, 5.41) is 13.4. The van der Waals surface area contributed by atoms with E-state index in [-0.39, 0.29) is 11.9 Å². The third kappa shape index (κ3) is 33.9. The van der Waals surface area contributed by atoms with Crippen LogP contribution in [-0.2, 0) is 4.79 Å². The number of aliphatic hydroxyl groups is 1. The van der Waals surface area contributed by atoms with E-state index in [9.17, 15) is 9.90 Å². The first-order valence-corrected chi connectivity index (χ1v) is 19.8. The van der Waals surface area contributed by atoms with Gasteiger partial charge in [0.25, 0.3) is 0 Å². The zero-order chi connectivity index (χ0) is 31.5. The van der Waals surface area contributed by atoms with Gasteiger partial charge in [0, 0.05) is 6.42 Å². The van der Waals surface area contributed by atoms with E-state index in [1.165, 1.54) is 180 Å². The molecule has 1 amide bonds. The molecule has 43 heavy (non-hydrogen) atoms. The number of rotatable bonds is 35. The zero-order valence-electron chi connectivity index (χ0n) is 29.8. The van der Waals surface area contributed by atoms with Gasteiger partial charge in [-0.2, -0.15) is 0 Å². The number of nitrogens with one attached hydrogen (secondary N) is 1. The molecule has 0 radical (unpaired) electrons. The van der Waals surface area contributed by atoms with Crippen molar-refractivity contribution in [1.29, 1.82) is 0 Å². The highest BCUT2D eigenvalue weighted by Crippen LogP contribution is 2.15. The Morgan fingerprint density at radius 2 is 0.814 bits per heavy atom. The normalized spacial score (nSPS) is 13.1. The maximum absolute atomic E-state index is 12.3. The Balaban J connectivity index is 3.43. The molecule has 0 aliphatic heterocycles. The summed E-state index contributed by atoms with van der Waals surface area (Å²) in [5.41, 5.74) is 0. The molecule has 0 aliphatic rings. The summed E-state index contributed by atoms with van der Waals surface area (Å²) in [6.45, 7) is 6.48. The van der Waals surface area contributed by atoms with Crippen LogP contribution >= 0.6 is 0 Å². The zero-order valence-corrected chi connectivity index (χ0v) is 29.8. The van der Waals surface area contributed by atoms with Crippen molar-refractivity contribution in [2.75, 3.05) is 0 Å². The number of carbonyl (C=O) groups excluding carboxylic acids is 1. The van der Waals surface area contributed by atoms with Gasteiger partial charge >= 0.3 is 0 Å². The molecule has 0 rings (SSSR count). The average molecular weight is 606 g/mol. The standard InChI is InChI=1S/C40H79NO2/c1-4-6-8-10-12-14-16-18-19-20-21-22-23-25-27-29-31-33-35-37-40(43)41-38(3)39(42)36-34-32-30-28-26-24-17-15-13-11-9-7-5-2/h34,36,38-39,42H,4-33,35,37H2,1-3H3,(H,41,43)/b36-34+/t38-,39+/m0/s1. The summed E-state index contributed by atoms with van der Waals surface area (Å²) >= 11 is 0. The fourth-order valence-electron chi connectivity index (χ4n) is 6.10. The van der Waals surface area contributed by atoms with Crippen molar-refractivity contribution in [1.82, 2.24) is 5.32 Å². The van der Waals surface area contributed by atoms with Crippen molar-refractivity contribution in [2.45, 2.75) is 238 Å². The number of allylic oxidation sites excluding steroid dienone is 1. The molecule has 2 N–H and O–H groups in total. The summed E-state index contributed by atoms with van der Waals surface area (Å²) in [5.74, 6) is 0.0808. The fraction of sp³-hybridized carbons (Fsp3) is 0.925. The molecule has 0 heterocycles. The topological polar surface area (TPSA) is 49.3 Å². The molecule has 0 fully saturated rings. The number of hydrogen-bond acceptors (Lipinski definition) is 2. The molecular weight excluding hydrogens is 526 g/mol. The first kappa shape index (κ1) is 42.2. The number of hydrogen-bond donors (Lipinski definition) is 2. The van der Waals surface area contributed by atoms with Crippen LogP contribution in [0, 0.1) is 0 Å². The largest absolute Gasteiger partial charge is 0.387 e. The van der Waals surface area contributed by atoms with Gasteiger partial charge in [0.2, 0.25) is 5.91 Å². The van der Waals surface area contributed by atoms with Gasteiger partial charge in [-0.25, -0.2) is 0 Å². The van der Waals surface area contributed by atoms with Gasteiger partial charge in [0.1, 0.15) is 0 Å². The van der Waals surface area contributed by atoms with Crippen LogP contribution in [0.3, 0.4) is 0 Å². The molecule has 3 heteroatoms. The second-order valence-corrected chi connectivity index (χ2v) is 13.7. The van der Waals surface area contributed by atoms with E-state index in [0.29, 0.717) is 6.42 Å². The molecule has 0 unspecified atom stereocenters. The van der Waals surface area contributed by atoms with Crippen LogP contribution in [0.5, 0.6) is 0 Å². The maximum Gasteiger partial charge on any atom is 0.220 e. The van der Waals surface area contributed by atoms with Crippen molar-refractivity contribution in [3.8, 4) is 0 Å². The molecule has 0 saturated heterocycles. The van der Waals surface area contributed by atoms with Crippen LogP contribution in [-0.4, -0.2) is 23.2 Å². The Hall–Kier alpha value is -0.830. The highest BCUT2D eigenvalue weighted by molar-refractivity contribution is 5.76. The lowest BCUT2D eigenvalue weighted by Gasteiger charge is -2.17. The molecule has 256 valence electrons. The minimum atomic E-state index is -0.596. The predicted molar refractivity (Wildman–Crippen MR) is 192 cm³/mol. The smallest absolute Gasteiger partial charge is 0.220 e. The lowest BCUT2D eigenvalue weighted by atomic mass is 10.0. The van der Waals surface area contributed by atoms with Gasteiger partial charge in [-0.3, -0.25) is 4.79 Å². The van der Waals surface area contributed by atoms with Crippen LogP contribution in [0.15, 0.2) is 12.2 Å². The molecule has 0 aromatic rings.